The topological polar surface area (TPSA) is 66.1 Å². The van der Waals surface area contributed by atoms with Crippen molar-refractivity contribution in [3.63, 3.8) is 0 Å². The second-order valence-corrected chi connectivity index (χ2v) is 5.10. The monoisotopic (exact) mass is 248 g/mol. The van der Waals surface area contributed by atoms with Crippen LogP contribution in [0.3, 0.4) is 0 Å². The van der Waals surface area contributed by atoms with Crippen LogP contribution in [0.4, 0.5) is 5.69 Å². The summed E-state index contributed by atoms with van der Waals surface area (Å²) in [4.78, 5) is 0.128. The Kier molecular flexibility index (Phi) is 3.01. The van der Waals surface area contributed by atoms with E-state index in [9.17, 15) is 13.5 Å². The van der Waals surface area contributed by atoms with Crippen molar-refractivity contribution in [3.8, 4) is 5.75 Å². The van der Waals surface area contributed by atoms with Gasteiger partial charge in [0.25, 0.3) is 10.0 Å². The molecular weight excluding hydrogens is 238 g/mol. The van der Waals surface area contributed by atoms with Gasteiger partial charge in [0.15, 0.2) is 0 Å². The summed E-state index contributed by atoms with van der Waals surface area (Å²) >= 11 is 0. The van der Waals surface area contributed by atoms with Crippen LogP contribution in [-0.2, 0) is 15.1 Å². The van der Waals surface area contributed by atoms with Crippen molar-refractivity contribution in [1.82, 2.24) is 0 Å². The van der Waals surface area contributed by atoms with Crippen molar-refractivity contribution in [2.75, 3.05) is 4.72 Å². The van der Waals surface area contributed by atoms with Gasteiger partial charge in [-0.25, -0.2) is 8.42 Å². The lowest BCUT2D eigenvalue weighted by atomic mass is 10.3. The van der Waals surface area contributed by atoms with Crippen molar-refractivity contribution in [2.45, 2.75) is 4.90 Å². The fourth-order valence-electron chi connectivity index (χ4n) is 1.35. The quantitative estimate of drug-likeness (QED) is 0.907. The molecular formula is C12H10NO3S. The Bertz CT molecular complexity index is 609. The highest BCUT2D eigenvalue weighted by Gasteiger charge is 2.15. The van der Waals surface area contributed by atoms with E-state index in [4.69, 9.17) is 0 Å². The molecule has 0 fully saturated rings. The van der Waals surface area contributed by atoms with Gasteiger partial charge in [0, 0.05) is 0 Å². The molecule has 17 heavy (non-hydrogen) atoms. The Labute approximate surface area is 99.6 Å². The molecule has 0 saturated carbocycles. The number of para-hydroxylation sites is 2. The normalized spacial score (nSPS) is 11.1. The van der Waals surface area contributed by atoms with Gasteiger partial charge in [-0.15, -0.1) is 0 Å². The van der Waals surface area contributed by atoms with Crippen LogP contribution in [0.5, 0.6) is 5.75 Å². The molecule has 0 aliphatic carbocycles. The average molecular weight is 248 g/mol. The number of hydrogen-bond acceptors (Lipinski definition) is 2. The predicted octanol–water partition coefficient (Wildman–Crippen LogP) is 2.63. The number of rotatable bonds is 3. The summed E-state index contributed by atoms with van der Waals surface area (Å²) in [5.74, 6) is -0.355. The maximum Gasteiger partial charge on any atom is 0.262 e. The second kappa shape index (κ2) is 4.47. The Morgan fingerprint density at radius 2 is 1.41 bits per heavy atom. The summed E-state index contributed by atoms with van der Waals surface area (Å²) < 4.78 is 26.1. The van der Waals surface area contributed by atoms with Crippen LogP contribution in [-0.4, -0.2) is 8.42 Å². The van der Waals surface area contributed by atoms with Gasteiger partial charge in [-0.2, -0.15) is 0 Å². The number of anilines is 1. The molecule has 0 amide bonds. The predicted molar refractivity (Wildman–Crippen MR) is 63.8 cm³/mol. The molecule has 0 heterocycles. The van der Waals surface area contributed by atoms with Crippen LogP contribution in [0.1, 0.15) is 0 Å². The molecule has 0 aliphatic heterocycles. The van der Waals surface area contributed by atoms with Crippen LogP contribution in [0.2, 0.25) is 0 Å². The van der Waals surface area contributed by atoms with Gasteiger partial charge in [0.05, 0.1) is 10.6 Å². The van der Waals surface area contributed by atoms with Crippen LogP contribution < -0.4 is 4.72 Å². The third-order valence-corrected chi connectivity index (χ3v) is 3.57. The van der Waals surface area contributed by atoms with Crippen molar-refractivity contribution in [2.24, 2.45) is 0 Å². The van der Waals surface area contributed by atoms with Crippen molar-refractivity contribution in [1.29, 1.82) is 0 Å². The molecule has 0 bridgehead atoms. The fraction of sp³-hybridized carbons (Fsp3) is 0. The molecule has 0 unspecified atom stereocenters. The summed E-state index contributed by atoms with van der Waals surface area (Å²) in [6, 6.07) is 13.8. The largest absolute Gasteiger partial charge is 0.288 e. The molecule has 4 nitrogen and oxygen atoms in total. The molecule has 0 saturated heterocycles. The second-order valence-electron chi connectivity index (χ2n) is 3.41. The first-order valence-corrected chi connectivity index (χ1v) is 6.42. The molecule has 87 valence electrons. The third kappa shape index (κ3) is 2.57. The lowest BCUT2D eigenvalue weighted by Gasteiger charge is -2.07. The zero-order chi connectivity index (χ0) is 12.3. The van der Waals surface area contributed by atoms with Crippen LogP contribution >= 0.6 is 0 Å². The van der Waals surface area contributed by atoms with Gasteiger partial charge in [-0.05, 0) is 24.3 Å². The van der Waals surface area contributed by atoms with E-state index in [1.54, 1.807) is 30.3 Å². The molecule has 0 aromatic heterocycles. The van der Waals surface area contributed by atoms with Crippen molar-refractivity contribution in [3.05, 3.63) is 54.6 Å². The number of benzene rings is 2. The van der Waals surface area contributed by atoms with E-state index in [0.29, 0.717) is 0 Å². The zero-order valence-corrected chi connectivity index (χ0v) is 9.65. The van der Waals surface area contributed by atoms with E-state index in [1.165, 1.54) is 24.3 Å². The Morgan fingerprint density at radius 1 is 0.824 bits per heavy atom. The minimum atomic E-state index is -3.69. The molecule has 1 radical (unpaired) electrons. The fourth-order valence-corrected chi connectivity index (χ4v) is 2.45. The van der Waals surface area contributed by atoms with Gasteiger partial charge < -0.3 is 0 Å². The van der Waals surface area contributed by atoms with Crippen LogP contribution in [0.15, 0.2) is 59.5 Å². The minimum absolute atomic E-state index is 0.0522. The van der Waals surface area contributed by atoms with Crippen molar-refractivity contribution < 1.29 is 13.5 Å². The first kappa shape index (κ1) is 11.5. The summed E-state index contributed by atoms with van der Waals surface area (Å²) in [5, 5.41) is 11.4. The van der Waals surface area contributed by atoms with Gasteiger partial charge in [0.1, 0.15) is 0 Å². The highest BCUT2D eigenvalue weighted by molar-refractivity contribution is 7.92. The molecule has 5 heteroatoms. The maximum absolute atomic E-state index is 11.9. The first-order valence-electron chi connectivity index (χ1n) is 4.93. The van der Waals surface area contributed by atoms with Crippen LogP contribution in [0.25, 0.3) is 0 Å². The van der Waals surface area contributed by atoms with Gasteiger partial charge >= 0.3 is 0 Å². The van der Waals surface area contributed by atoms with E-state index in [1.807, 2.05) is 0 Å². The Hall–Kier alpha value is -2.01. The minimum Gasteiger partial charge on any atom is -0.288 e. The first-order chi connectivity index (χ1) is 8.09. The molecule has 0 spiro atoms. The van der Waals surface area contributed by atoms with E-state index in [-0.39, 0.29) is 16.3 Å². The molecule has 2 rings (SSSR count). The van der Waals surface area contributed by atoms with Gasteiger partial charge in [-0.1, -0.05) is 30.3 Å². The highest BCUT2D eigenvalue weighted by atomic mass is 32.2. The van der Waals surface area contributed by atoms with E-state index in [2.05, 4.69) is 4.72 Å². The Morgan fingerprint density at radius 3 is 2.06 bits per heavy atom. The summed E-state index contributed by atoms with van der Waals surface area (Å²) in [6.45, 7) is 0. The zero-order valence-electron chi connectivity index (χ0n) is 8.83. The van der Waals surface area contributed by atoms with E-state index in [0.717, 1.165) is 0 Å². The number of sulfonamides is 1. The Balaban J connectivity index is 2.34. The maximum atomic E-state index is 11.9. The summed E-state index contributed by atoms with van der Waals surface area (Å²) in [5.41, 5.74) is 0.0522. The van der Waals surface area contributed by atoms with Crippen molar-refractivity contribution >= 4 is 15.7 Å². The lowest BCUT2D eigenvalue weighted by Crippen LogP contribution is -2.12. The molecule has 2 aromatic rings. The molecule has 1 N–H and O–H groups in total. The smallest absolute Gasteiger partial charge is 0.262 e. The van der Waals surface area contributed by atoms with Gasteiger partial charge in [0.2, 0.25) is 5.75 Å². The average Bonchev–Trinajstić information content (AvgIpc) is 2.33. The summed E-state index contributed by atoms with van der Waals surface area (Å²) in [7, 11) is -3.69. The van der Waals surface area contributed by atoms with Gasteiger partial charge in [-0.3, -0.25) is 9.83 Å². The molecule has 0 atom stereocenters. The van der Waals surface area contributed by atoms with E-state index < -0.39 is 10.0 Å². The summed E-state index contributed by atoms with van der Waals surface area (Å²) in [6.07, 6.45) is 0. The number of hydrogen-bond donors (Lipinski definition) is 1. The van der Waals surface area contributed by atoms with E-state index >= 15 is 0 Å². The number of nitrogens with one attached hydrogen (secondary N) is 1. The molecule has 2 aromatic carbocycles. The van der Waals surface area contributed by atoms with Crippen LogP contribution in [0, 0.1) is 0 Å². The third-order valence-electron chi connectivity index (χ3n) is 2.18. The molecule has 0 aliphatic rings. The lowest BCUT2D eigenvalue weighted by molar-refractivity contribution is 0.357. The standard InChI is InChI=1S/C12H10NO3S/c14-12-9-5-4-8-11(12)13-17(15,16)10-6-2-1-3-7-10/h1-9,13H. The highest BCUT2D eigenvalue weighted by Crippen LogP contribution is 2.25. The SMILES string of the molecule is [O]c1ccccc1NS(=O)(=O)c1ccccc1.